The number of nitrogens with zero attached hydrogens (tertiary/aromatic N) is 7. The molecule has 0 bridgehead atoms. The largest absolute Gasteiger partial charge is 0.306 e. The number of piperidine rings is 1. The van der Waals surface area contributed by atoms with Gasteiger partial charge in [0.1, 0.15) is 0 Å². The molecule has 6 rings (SSSR count). The van der Waals surface area contributed by atoms with Crippen LogP contribution in [-0.4, -0.2) is 54.4 Å². The average molecular weight is 472 g/mol. The Bertz CT molecular complexity index is 1480. The van der Waals surface area contributed by atoms with E-state index in [1.807, 2.05) is 47.2 Å². The molecular formula is C26H26ClN7. The van der Waals surface area contributed by atoms with Crippen molar-refractivity contribution in [1.29, 1.82) is 0 Å². The van der Waals surface area contributed by atoms with Gasteiger partial charge in [-0.05, 0) is 68.9 Å². The van der Waals surface area contributed by atoms with E-state index in [-0.39, 0.29) is 5.92 Å². The summed E-state index contributed by atoms with van der Waals surface area (Å²) in [6.45, 7) is 4.35. The van der Waals surface area contributed by atoms with E-state index < -0.39 is 0 Å². The van der Waals surface area contributed by atoms with Gasteiger partial charge in [0, 0.05) is 29.3 Å². The number of hydrogen-bond donors (Lipinski definition) is 0. The standard InChI is InChI=1S/C26H26ClN7/c1-17(20-5-6-23-21(26(20)27)4-3-11-28-23)24-15-29-25-8-7-22(31-34(24)25)18-14-30-33(16-18)19-9-12-32(2)13-10-19/h3-8,11,14-17,19H,9-10,12-13H2,1-2H3. The molecular weight excluding hydrogens is 446 g/mol. The molecule has 8 heteroatoms. The number of aromatic nitrogens is 6. The van der Waals surface area contributed by atoms with Gasteiger partial charge in [0.05, 0.1) is 40.4 Å². The van der Waals surface area contributed by atoms with Crippen molar-refractivity contribution < 1.29 is 0 Å². The highest BCUT2D eigenvalue weighted by molar-refractivity contribution is 6.36. The summed E-state index contributed by atoms with van der Waals surface area (Å²) in [6.07, 6.45) is 9.96. The first-order valence-corrected chi connectivity index (χ1v) is 12.1. The lowest BCUT2D eigenvalue weighted by atomic mass is 9.96. The first kappa shape index (κ1) is 21.3. The molecule has 172 valence electrons. The lowest BCUT2D eigenvalue weighted by Gasteiger charge is -2.28. The van der Waals surface area contributed by atoms with Gasteiger partial charge in [0.2, 0.25) is 0 Å². The second kappa shape index (κ2) is 8.49. The number of imidazole rings is 1. The molecule has 1 fully saturated rings. The van der Waals surface area contributed by atoms with Crippen LogP contribution in [0.5, 0.6) is 0 Å². The van der Waals surface area contributed by atoms with Crippen molar-refractivity contribution in [3.63, 3.8) is 0 Å². The molecule has 0 N–H and O–H groups in total. The summed E-state index contributed by atoms with van der Waals surface area (Å²) in [7, 11) is 2.18. The highest BCUT2D eigenvalue weighted by Crippen LogP contribution is 2.35. The number of hydrogen-bond acceptors (Lipinski definition) is 5. The minimum absolute atomic E-state index is 0.0109. The number of rotatable bonds is 4. The van der Waals surface area contributed by atoms with Crippen molar-refractivity contribution in [1.82, 2.24) is 34.3 Å². The molecule has 1 aromatic carbocycles. The topological polar surface area (TPSA) is 64.1 Å². The van der Waals surface area contributed by atoms with Gasteiger partial charge in [0.15, 0.2) is 5.65 Å². The lowest BCUT2D eigenvalue weighted by molar-refractivity contribution is 0.212. The fraction of sp³-hybridized carbons (Fsp3) is 0.308. The predicted molar refractivity (Wildman–Crippen MR) is 134 cm³/mol. The minimum Gasteiger partial charge on any atom is -0.306 e. The SMILES string of the molecule is CC(c1ccc2ncccc2c1Cl)c1cnc2ccc(-c3cnn(C4CCN(C)CC4)c3)nn12. The molecule has 0 spiro atoms. The van der Waals surface area contributed by atoms with Crippen molar-refractivity contribution >= 4 is 28.2 Å². The molecule has 5 aromatic rings. The van der Waals surface area contributed by atoms with E-state index in [9.17, 15) is 0 Å². The van der Waals surface area contributed by atoms with Gasteiger partial charge in [-0.2, -0.15) is 10.2 Å². The zero-order chi connectivity index (χ0) is 23.2. The molecule has 1 atom stereocenters. The van der Waals surface area contributed by atoms with Gasteiger partial charge in [-0.1, -0.05) is 24.6 Å². The van der Waals surface area contributed by atoms with Crippen LogP contribution in [-0.2, 0) is 0 Å². The van der Waals surface area contributed by atoms with E-state index in [4.69, 9.17) is 16.7 Å². The van der Waals surface area contributed by atoms with Crippen molar-refractivity contribution in [2.75, 3.05) is 20.1 Å². The third kappa shape index (κ3) is 3.65. The van der Waals surface area contributed by atoms with Crippen LogP contribution in [0.25, 0.3) is 27.8 Å². The number of benzene rings is 1. The maximum absolute atomic E-state index is 6.81. The van der Waals surface area contributed by atoms with Crippen molar-refractivity contribution in [2.24, 2.45) is 0 Å². The van der Waals surface area contributed by atoms with E-state index in [0.717, 1.165) is 70.0 Å². The minimum atomic E-state index is 0.0109. The lowest BCUT2D eigenvalue weighted by Crippen LogP contribution is -2.31. The summed E-state index contributed by atoms with van der Waals surface area (Å²) < 4.78 is 4.03. The zero-order valence-electron chi connectivity index (χ0n) is 19.3. The summed E-state index contributed by atoms with van der Waals surface area (Å²) >= 11 is 6.81. The van der Waals surface area contributed by atoms with E-state index in [1.165, 1.54) is 0 Å². The van der Waals surface area contributed by atoms with Gasteiger partial charge in [0.25, 0.3) is 0 Å². The average Bonchev–Trinajstić information content (AvgIpc) is 3.52. The monoisotopic (exact) mass is 471 g/mol. The molecule has 0 amide bonds. The Morgan fingerprint density at radius 3 is 2.74 bits per heavy atom. The number of halogens is 1. The zero-order valence-corrected chi connectivity index (χ0v) is 20.0. The normalized spacial score (nSPS) is 16.4. The van der Waals surface area contributed by atoms with Crippen LogP contribution >= 0.6 is 11.6 Å². The molecule has 5 heterocycles. The summed E-state index contributed by atoms with van der Waals surface area (Å²) in [5, 5.41) is 11.3. The maximum Gasteiger partial charge on any atom is 0.153 e. The quantitative estimate of drug-likeness (QED) is 0.360. The Morgan fingerprint density at radius 1 is 1.03 bits per heavy atom. The van der Waals surface area contributed by atoms with Crippen LogP contribution in [0.1, 0.15) is 43.0 Å². The second-order valence-electron chi connectivity index (χ2n) is 9.18. The van der Waals surface area contributed by atoms with Crippen molar-refractivity contribution in [3.05, 3.63) is 77.5 Å². The third-order valence-electron chi connectivity index (χ3n) is 7.01. The van der Waals surface area contributed by atoms with Crippen LogP contribution in [0, 0.1) is 0 Å². The molecule has 1 saturated heterocycles. The number of likely N-dealkylation sites (tertiary alicyclic amines) is 1. The van der Waals surface area contributed by atoms with Crippen LogP contribution in [0.15, 0.2) is 61.2 Å². The van der Waals surface area contributed by atoms with Gasteiger partial charge in [-0.25, -0.2) is 9.50 Å². The van der Waals surface area contributed by atoms with E-state index in [2.05, 4.69) is 50.9 Å². The fourth-order valence-corrected chi connectivity index (χ4v) is 5.28. The first-order chi connectivity index (χ1) is 16.6. The smallest absolute Gasteiger partial charge is 0.153 e. The number of pyridine rings is 1. The number of fused-ring (bicyclic) bond motifs is 2. The molecule has 0 aliphatic carbocycles. The molecule has 0 radical (unpaired) electrons. The predicted octanol–water partition coefficient (Wildman–Crippen LogP) is 5.21. The van der Waals surface area contributed by atoms with Gasteiger partial charge in [-0.3, -0.25) is 9.67 Å². The van der Waals surface area contributed by atoms with Crippen LogP contribution in [0.4, 0.5) is 0 Å². The Labute approximate surface area is 203 Å². The van der Waals surface area contributed by atoms with Gasteiger partial charge >= 0.3 is 0 Å². The molecule has 4 aromatic heterocycles. The Morgan fingerprint density at radius 2 is 1.88 bits per heavy atom. The summed E-state index contributed by atoms with van der Waals surface area (Å²) in [4.78, 5) is 11.4. The van der Waals surface area contributed by atoms with Crippen LogP contribution in [0.2, 0.25) is 5.02 Å². The van der Waals surface area contributed by atoms with Gasteiger partial charge < -0.3 is 4.90 Å². The van der Waals surface area contributed by atoms with Crippen LogP contribution in [0.3, 0.4) is 0 Å². The van der Waals surface area contributed by atoms with Crippen molar-refractivity contribution in [2.45, 2.75) is 31.7 Å². The molecule has 7 nitrogen and oxygen atoms in total. The van der Waals surface area contributed by atoms with Crippen LogP contribution < -0.4 is 0 Å². The molecule has 1 aliphatic rings. The highest BCUT2D eigenvalue weighted by Gasteiger charge is 2.21. The maximum atomic E-state index is 6.81. The summed E-state index contributed by atoms with van der Waals surface area (Å²) in [5.74, 6) is 0.0109. The molecule has 0 saturated carbocycles. The van der Waals surface area contributed by atoms with E-state index >= 15 is 0 Å². The van der Waals surface area contributed by atoms with Crippen molar-refractivity contribution in [3.8, 4) is 11.3 Å². The summed E-state index contributed by atoms with van der Waals surface area (Å²) in [6, 6.07) is 12.5. The van der Waals surface area contributed by atoms with E-state index in [1.54, 1.807) is 6.20 Å². The third-order valence-corrected chi connectivity index (χ3v) is 7.43. The van der Waals surface area contributed by atoms with E-state index in [0.29, 0.717) is 6.04 Å². The molecule has 34 heavy (non-hydrogen) atoms. The Hall–Kier alpha value is -3.29. The Kier molecular flexibility index (Phi) is 5.31. The molecule has 1 aliphatic heterocycles. The Balaban J connectivity index is 1.35. The fourth-order valence-electron chi connectivity index (χ4n) is 4.90. The second-order valence-corrected chi connectivity index (χ2v) is 9.55. The van der Waals surface area contributed by atoms with Gasteiger partial charge in [-0.15, -0.1) is 0 Å². The molecule has 1 unspecified atom stereocenters. The summed E-state index contributed by atoms with van der Waals surface area (Å²) in [5.41, 5.74) is 5.63. The highest BCUT2D eigenvalue weighted by atomic mass is 35.5. The first-order valence-electron chi connectivity index (χ1n) is 11.7.